The SMILES string of the molecule is COc1cc(OC)cc(OC[C@H](O)Cn2c(C)nc3ccccc32)c1. The van der Waals surface area contributed by atoms with Crippen molar-refractivity contribution >= 4 is 11.0 Å². The van der Waals surface area contributed by atoms with E-state index in [2.05, 4.69) is 4.98 Å². The van der Waals surface area contributed by atoms with Gasteiger partial charge in [0.1, 0.15) is 35.8 Å². The second-order valence-electron chi connectivity index (χ2n) is 5.77. The summed E-state index contributed by atoms with van der Waals surface area (Å²) in [5.74, 6) is 2.73. The van der Waals surface area contributed by atoms with Gasteiger partial charge in [-0.15, -0.1) is 0 Å². The first kappa shape index (κ1) is 17.1. The Labute approximate surface area is 146 Å². The lowest BCUT2D eigenvalue weighted by atomic mass is 10.3. The third-order valence-electron chi connectivity index (χ3n) is 4.01. The molecule has 0 unspecified atom stereocenters. The Hall–Kier alpha value is -2.73. The summed E-state index contributed by atoms with van der Waals surface area (Å²) in [5.41, 5.74) is 1.92. The molecule has 3 aromatic rings. The van der Waals surface area contributed by atoms with Crippen molar-refractivity contribution in [2.45, 2.75) is 19.6 Å². The molecule has 0 saturated heterocycles. The topological polar surface area (TPSA) is 65.7 Å². The van der Waals surface area contributed by atoms with Crippen molar-refractivity contribution in [1.82, 2.24) is 9.55 Å². The van der Waals surface area contributed by atoms with Gasteiger partial charge in [-0.05, 0) is 19.1 Å². The highest BCUT2D eigenvalue weighted by molar-refractivity contribution is 5.75. The Morgan fingerprint density at radius 3 is 2.36 bits per heavy atom. The van der Waals surface area contributed by atoms with Crippen LogP contribution in [0, 0.1) is 6.92 Å². The summed E-state index contributed by atoms with van der Waals surface area (Å²) in [5, 5.41) is 10.4. The molecule has 0 radical (unpaired) electrons. The first-order chi connectivity index (χ1) is 12.1. The quantitative estimate of drug-likeness (QED) is 0.715. The Balaban J connectivity index is 1.68. The van der Waals surface area contributed by atoms with Gasteiger partial charge in [-0.3, -0.25) is 0 Å². The van der Waals surface area contributed by atoms with Crippen molar-refractivity contribution in [3.8, 4) is 17.2 Å². The molecule has 0 saturated carbocycles. The molecule has 0 bridgehead atoms. The minimum atomic E-state index is -0.673. The maximum Gasteiger partial charge on any atom is 0.126 e. The van der Waals surface area contributed by atoms with Crippen LogP contribution in [0.4, 0.5) is 0 Å². The molecule has 0 amide bonds. The van der Waals surface area contributed by atoms with Gasteiger partial charge in [-0.1, -0.05) is 12.1 Å². The number of methoxy groups -OCH3 is 2. The highest BCUT2D eigenvalue weighted by Gasteiger charge is 2.13. The standard InChI is InChI=1S/C19H22N2O4/c1-13-20-18-6-4-5-7-19(18)21(13)11-14(22)12-25-17-9-15(23-2)8-16(10-17)24-3/h4-10,14,22H,11-12H2,1-3H3/t14-/m1/s1. The minimum absolute atomic E-state index is 0.155. The highest BCUT2D eigenvalue weighted by atomic mass is 16.5. The van der Waals surface area contributed by atoms with E-state index in [1.165, 1.54) is 0 Å². The Bertz CT molecular complexity index is 838. The summed E-state index contributed by atoms with van der Waals surface area (Å²) in [6, 6.07) is 13.2. The van der Waals surface area contributed by atoms with Crippen LogP contribution in [0.15, 0.2) is 42.5 Å². The first-order valence-electron chi connectivity index (χ1n) is 8.06. The molecule has 2 aromatic carbocycles. The van der Waals surface area contributed by atoms with Gasteiger partial charge in [0.25, 0.3) is 0 Å². The summed E-state index contributed by atoms with van der Waals surface area (Å²) >= 11 is 0. The number of hydrogen-bond acceptors (Lipinski definition) is 5. The average molecular weight is 342 g/mol. The summed E-state index contributed by atoms with van der Waals surface area (Å²) < 4.78 is 18.1. The fraction of sp³-hybridized carbons (Fsp3) is 0.316. The number of para-hydroxylation sites is 2. The van der Waals surface area contributed by atoms with E-state index >= 15 is 0 Å². The highest BCUT2D eigenvalue weighted by Crippen LogP contribution is 2.27. The number of imidazole rings is 1. The average Bonchev–Trinajstić information content (AvgIpc) is 2.95. The molecule has 0 aliphatic carbocycles. The van der Waals surface area contributed by atoms with Crippen LogP contribution in [0.25, 0.3) is 11.0 Å². The molecule has 1 aromatic heterocycles. The molecule has 3 rings (SSSR count). The molecule has 132 valence electrons. The van der Waals surface area contributed by atoms with Crippen molar-refractivity contribution < 1.29 is 19.3 Å². The second-order valence-corrected chi connectivity index (χ2v) is 5.77. The van der Waals surface area contributed by atoms with Crippen LogP contribution in [0.5, 0.6) is 17.2 Å². The number of aliphatic hydroxyl groups excluding tert-OH is 1. The third-order valence-corrected chi connectivity index (χ3v) is 4.01. The Kier molecular flexibility index (Phi) is 5.09. The first-order valence-corrected chi connectivity index (χ1v) is 8.06. The largest absolute Gasteiger partial charge is 0.496 e. The number of rotatable bonds is 7. The molecular weight excluding hydrogens is 320 g/mol. The molecule has 25 heavy (non-hydrogen) atoms. The summed E-state index contributed by atoms with van der Waals surface area (Å²) in [6.07, 6.45) is -0.673. The van der Waals surface area contributed by atoms with Crippen LogP contribution in [0.2, 0.25) is 0 Å². The van der Waals surface area contributed by atoms with E-state index in [1.54, 1.807) is 32.4 Å². The minimum Gasteiger partial charge on any atom is -0.496 e. The summed E-state index contributed by atoms with van der Waals surface area (Å²) in [6.45, 7) is 2.50. The van der Waals surface area contributed by atoms with Gasteiger partial charge in [0.15, 0.2) is 0 Å². The van der Waals surface area contributed by atoms with Crippen LogP contribution >= 0.6 is 0 Å². The monoisotopic (exact) mass is 342 g/mol. The lowest BCUT2D eigenvalue weighted by Gasteiger charge is -2.15. The van der Waals surface area contributed by atoms with Gasteiger partial charge >= 0.3 is 0 Å². The zero-order chi connectivity index (χ0) is 17.8. The molecule has 6 heteroatoms. The van der Waals surface area contributed by atoms with Crippen LogP contribution in [-0.4, -0.2) is 41.6 Å². The van der Waals surface area contributed by atoms with Crippen LogP contribution in [0.3, 0.4) is 0 Å². The number of aliphatic hydroxyl groups is 1. The molecule has 1 heterocycles. The van der Waals surface area contributed by atoms with Gasteiger partial charge in [0, 0.05) is 18.2 Å². The summed E-state index contributed by atoms with van der Waals surface area (Å²) in [4.78, 5) is 4.51. The zero-order valence-electron chi connectivity index (χ0n) is 14.6. The van der Waals surface area contributed by atoms with Gasteiger partial charge < -0.3 is 23.9 Å². The van der Waals surface area contributed by atoms with Crippen molar-refractivity contribution in [2.75, 3.05) is 20.8 Å². The van der Waals surface area contributed by atoms with E-state index in [0.29, 0.717) is 23.8 Å². The van der Waals surface area contributed by atoms with E-state index < -0.39 is 6.10 Å². The summed E-state index contributed by atoms with van der Waals surface area (Å²) in [7, 11) is 3.17. The van der Waals surface area contributed by atoms with E-state index in [1.807, 2.05) is 35.8 Å². The van der Waals surface area contributed by atoms with E-state index in [-0.39, 0.29) is 6.61 Å². The molecule has 1 N–H and O–H groups in total. The van der Waals surface area contributed by atoms with Crippen molar-refractivity contribution in [1.29, 1.82) is 0 Å². The lowest BCUT2D eigenvalue weighted by Crippen LogP contribution is -2.24. The van der Waals surface area contributed by atoms with Crippen molar-refractivity contribution in [3.05, 3.63) is 48.3 Å². The molecule has 0 fully saturated rings. The van der Waals surface area contributed by atoms with Crippen LogP contribution in [0.1, 0.15) is 5.82 Å². The number of benzene rings is 2. The van der Waals surface area contributed by atoms with E-state index in [0.717, 1.165) is 16.9 Å². The Morgan fingerprint density at radius 2 is 1.68 bits per heavy atom. The number of nitrogens with zero attached hydrogens (tertiary/aromatic N) is 2. The molecular formula is C19H22N2O4. The fourth-order valence-corrected chi connectivity index (χ4v) is 2.75. The number of aryl methyl sites for hydroxylation is 1. The smallest absolute Gasteiger partial charge is 0.126 e. The lowest BCUT2D eigenvalue weighted by molar-refractivity contribution is 0.0926. The van der Waals surface area contributed by atoms with Crippen molar-refractivity contribution in [2.24, 2.45) is 0 Å². The zero-order valence-corrected chi connectivity index (χ0v) is 14.6. The predicted molar refractivity (Wildman–Crippen MR) is 95.5 cm³/mol. The van der Waals surface area contributed by atoms with Gasteiger partial charge in [-0.2, -0.15) is 0 Å². The molecule has 0 aliphatic heterocycles. The molecule has 0 spiro atoms. The third kappa shape index (κ3) is 3.85. The van der Waals surface area contributed by atoms with Crippen LogP contribution in [-0.2, 0) is 6.54 Å². The van der Waals surface area contributed by atoms with Gasteiger partial charge in [0.05, 0.1) is 31.8 Å². The number of aromatic nitrogens is 2. The van der Waals surface area contributed by atoms with Gasteiger partial charge in [0.2, 0.25) is 0 Å². The number of hydrogen-bond donors (Lipinski definition) is 1. The van der Waals surface area contributed by atoms with Crippen LogP contribution < -0.4 is 14.2 Å². The normalized spacial score (nSPS) is 12.2. The van der Waals surface area contributed by atoms with Gasteiger partial charge in [-0.25, -0.2) is 4.98 Å². The molecule has 0 aliphatic rings. The second kappa shape index (κ2) is 7.44. The number of ether oxygens (including phenoxy) is 3. The van der Waals surface area contributed by atoms with Crippen molar-refractivity contribution in [3.63, 3.8) is 0 Å². The van der Waals surface area contributed by atoms with E-state index in [9.17, 15) is 5.11 Å². The Morgan fingerprint density at radius 1 is 1.04 bits per heavy atom. The maximum atomic E-state index is 10.4. The molecule has 1 atom stereocenters. The predicted octanol–water partition coefficient (Wildman–Crippen LogP) is 2.80. The number of fused-ring (bicyclic) bond motifs is 1. The fourth-order valence-electron chi connectivity index (χ4n) is 2.75. The maximum absolute atomic E-state index is 10.4. The van der Waals surface area contributed by atoms with E-state index in [4.69, 9.17) is 14.2 Å². The molecule has 6 nitrogen and oxygen atoms in total.